The van der Waals surface area contributed by atoms with E-state index >= 15 is 0 Å². The summed E-state index contributed by atoms with van der Waals surface area (Å²) in [5, 5.41) is 0. The van der Waals surface area contributed by atoms with Gasteiger partial charge < -0.3 is 4.90 Å². The van der Waals surface area contributed by atoms with Crippen LogP contribution in [0, 0.1) is 20.9 Å². The Morgan fingerprint density at radius 3 is 2.31 bits per heavy atom. The molecule has 1 fully saturated rings. The first-order valence-electron chi connectivity index (χ1n) is 5.50. The van der Waals surface area contributed by atoms with Crippen LogP contribution in [-0.2, 0) is 4.79 Å². The summed E-state index contributed by atoms with van der Waals surface area (Å²) in [5.41, 5.74) is 3.40. The van der Waals surface area contributed by atoms with Crippen LogP contribution < -0.4 is 4.90 Å². The van der Waals surface area contributed by atoms with Crippen molar-refractivity contribution in [3.05, 3.63) is 36.4 Å². The van der Waals surface area contributed by atoms with Crippen LogP contribution in [0.4, 0.5) is 5.69 Å². The Kier molecular flexibility index (Phi) is 2.97. The highest BCUT2D eigenvalue weighted by Gasteiger charge is 2.22. The second-order valence-electron chi connectivity index (χ2n) is 4.44. The smallest absolute Gasteiger partial charge is 0.241 e. The van der Waals surface area contributed by atoms with Gasteiger partial charge in [-0.3, -0.25) is 9.69 Å². The third-order valence-corrected chi connectivity index (χ3v) is 2.82. The first-order chi connectivity index (χ1) is 7.56. The second kappa shape index (κ2) is 4.26. The predicted octanol–water partition coefficient (Wildman–Crippen LogP) is 1.74. The summed E-state index contributed by atoms with van der Waals surface area (Å²) in [6, 6.07) is 6.24. The number of aryl methyl sites for hydroxylation is 2. The van der Waals surface area contributed by atoms with Gasteiger partial charge in [-0.1, -0.05) is 6.07 Å². The molecule has 1 saturated heterocycles. The quantitative estimate of drug-likeness (QED) is 0.715. The molecule has 1 aliphatic rings. The van der Waals surface area contributed by atoms with Gasteiger partial charge >= 0.3 is 0 Å². The average Bonchev–Trinajstić information content (AvgIpc) is 2.15. The van der Waals surface area contributed by atoms with Crippen molar-refractivity contribution in [2.24, 2.45) is 0 Å². The lowest BCUT2D eigenvalue weighted by atomic mass is 10.1. The van der Waals surface area contributed by atoms with E-state index in [2.05, 4.69) is 39.1 Å². The third kappa shape index (κ3) is 2.25. The Morgan fingerprint density at radius 1 is 1.12 bits per heavy atom. The lowest BCUT2D eigenvalue weighted by Gasteiger charge is -2.32. The maximum atomic E-state index is 11.9. The molecule has 85 valence electrons. The van der Waals surface area contributed by atoms with Gasteiger partial charge in [0.1, 0.15) is 0 Å². The van der Waals surface area contributed by atoms with E-state index in [-0.39, 0.29) is 5.91 Å². The molecule has 1 radical (unpaired) electrons. The van der Waals surface area contributed by atoms with Gasteiger partial charge in [-0.15, -0.1) is 0 Å². The molecule has 0 atom stereocenters. The molecular formula is C13H17N2O. The monoisotopic (exact) mass is 217 g/mol. The molecule has 16 heavy (non-hydrogen) atoms. The van der Waals surface area contributed by atoms with E-state index in [1.54, 1.807) is 0 Å². The minimum absolute atomic E-state index is 0.131. The molecule has 1 aromatic rings. The molecule has 1 aliphatic heterocycles. The van der Waals surface area contributed by atoms with Crippen molar-refractivity contribution < 1.29 is 4.79 Å². The highest BCUT2D eigenvalue weighted by atomic mass is 16.2. The maximum Gasteiger partial charge on any atom is 0.241 e. The van der Waals surface area contributed by atoms with Gasteiger partial charge in [0, 0.05) is 25.8 Å². The van der Waals surface area contributed by atoms with E-state index in [1.807, 2.05) is 9.80 Å². The molecule has 1 heterocycles. The highest BCUT2D eigenvalue weighted by Crippen LogP contribution is 2.20. The SMILES string of the molecule is [CH2]N1CCN(c2cc(C)cc(C)c2)C(=O)C1. The van der Waals surface area contributed by atoms with Crippen LogP contribution in [0.3, 0.4) is 0 Å². The van der Waals surface area contributed by atoms with E-state index in [0.29, 0.717) is 6.54 Å². The van der Waals surface area contributed by atoms with Crippen molar-refractivity contribution in [3.63, 3.8) is 0 Å². The van der Waals surface area contributed by atoms with Crippen LogP contribution in [-0.4, -0.2) is 30.4 Å². The van der Waals surface area contributed by atoms with E-state index in [4.69, 9.17) is 0 Å². The molecule has 0 bridgehead atoms. The van der Waals surface area contributed by atoms with Gasteiger partial charge in [-0.2, -0.15) is 0 Å². The zero-order valence-corrected chi connectivity index (χ0v) is 9.86. The Morgan fingerprint density at radius 2 is 1.75 bits per heavy atom. The lowest BCUT2D eigenvalue weighted by Crippen LogP contribution is -2.48. The van der Waals surface area contributed by atoms with E-state index in [1.165, 1.54) is 11.1 Å². The number of carbonyl (C=O) groups excluding carboxylic acids is 1. The summed E-state index contributed by atoms with van der Waals surface area (Å²) < 4.78 is 0. The summed E-state index contributed by atoms with van der Waals surface area (Å²) >= 11 is 0. The van der Waals surface area contributed by atoms with E-state index < -0.39 is 0 Å². The lowest BCUT2D eigenvalue weighted by molar-refractivity contribution is -0.120. The zero-order chi connectivity index (χ0) is 11.7. The Balaban J connectivity index is 2.26. The van der Waals surface area contributed by atoms with Crippen LogP contribution in [0.5, 0.6) is 0 Å². The standard InChI is InChI=1S/C13H17N2O/c1-10-6-11(2)8-12(7-10)15-5-4-14(3)9-13(15)16/h6-8H,3-5,9H2,1-2H3. The fourth-order valence-corrected chi connectivity index (χ4v) is 2.10. The van der Waals surface area contributed by atoms with Crippen LogP contribution >= 0.6 is 0 Å². The van der Waals surface area contributed by atoms with Crippen molar-refractivity contribution in [3.8, 4) is 0 Å². The third-order valence-electron chi connectivity index (χ3n) is 2.82. The van der Waals surface area contributed by atoms with Gasteiger partial charge in [0.15, 0.2) is 0 Å². The molecule has 1 amide bonds. The summed E-state index contributed by atoms with van der Waals surface area (Å²) in [6.45, 7) is 6.08. The predicted molar refractivity (Wildman–Crippen MR) is 65.2 cm³/mol. The molecule has 0 N–H and O–H groups in total. The van der Waals surface area contributed by atoms with Crippen molar-refractivity contribution in [1.82, 2.24) is 4.90 Å². The van der Waals surface area contributed by atoms with Crippen LogP contribution in [0.15, 0.2) is 18.2 Å². The minimum atomic E-state index is 0.131. The number of nitrogens with zero attached hydrogens (tertiary/aromatic N) is 2. The molecule has 3 nitrogen and oxygen atoms in total. The molecule has 0 spiro atoms. The van der Waals surface area contributed by atoms with Gasteiger partial charge in [-0.05, 0) is 37.1 Å². The van der Waals surface area contributed by atoms with Crippen molar-refractivity contribution in [2.45, 2.75) is 13.8 Å². The molecule has 0 saturated carbocycles. The average molecular weight is 217 g/mol. The van der Waals surface area contributed by atoms with Gasteiger partial charge in [0.25, 0.3) is 0 Å². The number of anilines is 1. The van der Waals surface area contributed by atoms with Crippen LogP contribution in [0.1, 0.15) is 11.1 Å². The molecule has 0 aromatic heterocycles. The number of amides is 1. The number of benzene rings is 1. The molecule has 2 rings (SSSR count). The van der Waals surface area contributed by atoms with Gasteiger partial charge in [0.05, 0.1) is 6.54 Å². The number of piperazine rings is 1. The number of carbonyl (C=O) groups is 1. The molecule has 1 aromatic carbocycles. The van der Waals surface area contributed by atoms with Crippen molar-refractivity contribution in [1.29, 1.82) is 0 Å². The van der Waals surface area contributed by atoms with Crippen molar-refractivity contribution >= 4 is 11.6 Å². The molecule has 0 unspecified atom stereocenters. The Bertz CT molecular complexity index is 394. The topological polar surface area (TPSA) is 23.6 Å². The zero-order valence-electron chi connectivity index (χ0n) is 9.86. The van der Waals surface area contributed by atoms with E-state index in [9.17, 15) is 4.79 Å². The fraction of sp³-hybridized carbons (Fsp3) is 0.385. The summed E-state index contributed by atoms with van der Waals surface area (Å²) in [5.74, 6) is 0.131. The number of rotatable bonds is 1. The summed E-state index contributed by atoms with van der Waals surface area (Å²) in [6.07, 6.45) is 0. The molecular weight excluding hydrogens is 200 g/mol. The minimum Gasteiger partial charge on any atom is -0.310 e. The second-order valence-corrected chi connectivity index (χ2v) is 4.44. The molecule has 3 heteroatoms. The highest BCUT2D eigenvalue weighted by molar-refractivity contribution is 5.95. The largest absolute Gasteiger partial charge is 0.310 e. The van der Waals surface area contributed by atoms with Crippen LogP contribution in [0.2, 0.25) is 0 Å². The maximum absolute atomic E-state index is 11.9. The summed E-state index contributed by atoms with van der Waals surface area (Å²) in [7, 11) is 3.80. The normalized spacial score (nSPS) is 17.9. The number of hydrogen-bond donors (Lipinski definition) is 0. The first kappa shape index (κ1) is 11.1. The van der Waals surface area contributed by atoms with Crippen LogP contribution in [0.25, 0.3) is 0 Å². The Hall–Kier alpha value is -1.35. The first-order valence-corrected chi connectivity index (χ1v) is 5.50. The Labute approximate surface area is 96.7 Å². The number of hydrogen-bond acceptors (Lipinski definition) is 2. The summed E-state index contributed by atoms with van der Waals surface area (Å²) in [4.78, 5) is 15.5. The van der Waals surface area contributed by atoms with E-state index in [0.717, 1.165) is 18.8 Å². The molecule has 0 aliphatic carbocycles. The van der Waals surface area contributed by atoms with Gasteiger partial charge in [0.2, 0.25) is 5.91 Å². The van der Waals surface area contributed by atoms with Gasteiger partial charge in [-0.25, -0.2) is 0 Å². The van der Waals surface area contributed by atoms with Crippen molar-refractivity contribution in [2.75, 3.05) is 24.5 Å². The fourth-order valence-electron chi connectivity index (χ4n) is 2.10.